The molecule has 0 aliphatic carbocycles. The van der Waals surface area contributed by atoms with Gasteiger partial charge >= 0.3 is 5.97 Å². The molecule has 1 aromatic carbocycles. The molecule has 0 aromatic heterocycles. The van der Waals surface area contributed by atoms with Gasteiger partial charge in [0.25, 0.3) is 0 Å². The number of esters is 1. The second-order valence-electron chi connectivity index (χ2n) is 4.62. The Labute approximate surface area is 128 Å². The fourth-order valence-corrected chi connectivity index (χ4v) is 3.45. The molecule has 1 aromatic rings. The minimum Gasteiger partial charge on any atom is -0.468 e. The number of hydrogen-bond donors (Lipinski definition) is 1. The Morgan fingerprint density at radius 1 is 1.43 bits per heavy atom. The maximum Gasteiger partial charge on any atom is 0.324 e. The third kappa shape index (κ3) is 4.17. The van der Waals surface area contributed by atoms with E-state index < -0.39 is 22.0 Å². The lowest BCUT2D eigenvalue weighted by atomic mass is 10.1. The van der Waals surface area contributed by atoms with E-state index in [2.05, 4.69) is 9.46 Å². The predicted octanol–water partition coefficient (Wildman–Crippen LogP) is 1.69. The zero-order valence-electron chi connectivity index (χ0n) is 11.8. The molecule has 0 aliphatic heterocycles. The van der Waals surface area contributed by atoms with E-state index in [-0.39, 0.29) is 21.4 Å². The number of rotatable bonds is 5. The number of nitrogens with zero attached hydrogens (tertiary/aromatic N) is 1. The molecule has 0 heterocycles. The van der Waals surface area contributed by atoms with Crippen molar-refractivity contribution in [3.05, 3.63) is 28.8 Å². The van der Waals surface area contributed by atoms with Crippen molar-refractivity contribution in [2.24, 2.45) is 5.92 Å². The molecule has 6 nitrogen and oxygen atoms in total. The Morgan fingerprint density at radius 3 is 2.52 bits per heavy atom. The highest BCUT2D eigenvalue weighted by atomic mass is 35.5. The number of ether oxygens (including phenoxy) is 1. The van der Waals surface area contributed by atoms with Crippen molar-refractivity contribution < 1.29 is 17.9 Å². The third-order valence-electron chi connectivity index (χ3n) is 2.75. The van der Waals surface area contributed by atoms with Crippen molar-refractivity contribution in [1.82, 2.24) is 4.72 Å². The molecule has 0 aliphatic rings. The average molecular weight is 331 g/mol. The summed E-state index contributed by atoms with van der Waals surface area (Å²) < 4.78 is 31.5. The van der Waals surface area contributed by atoms with Crippen molar-refractivity contribution in [3.8, 4) is 6.07 Å². The topological polar surface area (TPSA) is 96.3 Å². The molecule has 21 heavy (non-hydrogen) atoms. The highest BCUT2D eigenvalue weighted by Gasteiger charge is 2.30. The number of methoxy groups -OCH3 is 1. The normalized spacial score (nSPS) is 12.8. The molecule has 0 fully saturated rings. The molecule has 0 amide bonds. The SMILES string of the molecule is COC(=O)C(NS(=O)(=O)c1cc(C#N)ccc1Cl)C(C)C. The van der Waals surface area contributed by atoms with E-state index in [0.717, 1.165) is 6.07 Å². The average Bonchev–Trinajstić information content (AvgIpc) is 2.44. The molecule has 1 unspecified atom stereocenters. The number of hydrogen-bond acceptors (Lipinski definition) is 5. The van der Waals surface area contributed by atoms with Crippen molar-refractivity contribution in [2.75, 3.05) is 7.11 Å². The van der Waals surface area contributed by atoms with Gasteiger partial charge in [0.1, 0.15) is 10.9 Å². The van der Waals surface area contributed by atoms with Crippen LogP contribution in [-0.2, 0) is 19.6 Å². The number of nitriles is 1. The molecule has 1 N–H and O–H groups in total. The van der Waals surface area contributed by atoms with E-state index in [1.807, 2.05) is 6.07 Å². The lowest BCUT2D eigenvalue weighted by Crippen LogP contribution is -2.44. The summed E-state index contributed by atoms with van der Waals surface area (Å²) in [6.07, 6.45) is 0. The van der Waals surface area contributed by atoms with Gasteiger partial charge in [-0.25, -0.2) is 8.42 Å². The molecule has 0 bridgehead atoms. The Balaban J connectivity index is 3.23. The van der Waals surface area contributed by atoms with E-state index >= 15 is 0 Å². The summed E-state index contributed by atoms with van der Waals surface area (Å²) in [7, 11) is -2.88. The molecule has 1 atom stereocenters. The molecule has 0 saturated carbocycles. The molecule has 114 valence electrons. The van der Waals surface area contributed by atoms with Gasteiger partial charge in [0.2, 0.25) is 10.0 Å². The Bertz CT molecular complexity index is 680. The summed E-state index contributed by atoms with van der Waals surface area (Å²) >= 11 is 5.87. The maximum atomic E-state index is 12.3. The summed E-state index contributed by atoms with van der Waals surface area (Å²) in [6, 6.07) is 4.67. The van der Waals surface area contributed by atoms with Crippen molar-refractivity contribution in [3.63, 3.8) is 0 Å². The van der Waals surface area contributed by atoms with Crippen LogP contribution in [0.5, 0.6) is 0 Å². The summed E-state index contributed by atoms with van der Waals surface area (Å²) in [4.78, 5) is 11.4. The lowest BCUT2D eigenvalue weighted by molar-refractivity contribution is -0.143. The van der Waals surface area contributed by atoms with Gasteiger partial charge in [0.15, 0.2) is 0 Å². The van der Waals surface area contributed by atoms with E-state index in [0.29, 0.717) is 0 Å². The highest BCUT2D eigenvalue weighted by Crippen LogP contribution is 2.23. The van der Waals surface area contributed by atoms with Crippen LogP contribution in [0.1, 0.15) is 19.4 Å². The van der Waals surface area contributed by atoms with Gasteiger partial charge in [0, 0.05) is 0 Å². The van der Waals surface area contributed by atoms with Gasteiger partial charge < -0.3 is 4.74 Å². The number of carbonyl (C=O) groups excluding carboxylic acids is 1. The van der Waals surface area contributed by atoms with Crippen LogP contribution in [0.2, 0.25) is 5.02 Å². The van der Waals surface area contributed by atoms with Crippen LogP contribution >= 0.6 is 11.6 Å². The van der Waals surface area contributed by atoms with Crippen molar-refractivity contribution in [2.45, 2.75) is 24.8 Å². The monoisotopic (exact) mass is 330 g/mol. The second-order valence-corrected chi connectivity index (χ2v) is 6.71. The summed E-state index contributed by atoms with van der Waals surface area (Å²) in [6.45, 7) is 3.36. The molecular formula is C13H15ClN2O4S. The molecule has 0 radical (unpaired) electrons. The van der Waals surface area contributed by atoms with Crippen LogP contribution in [0, 0.1) is 17.2 Å². The Hall–Kier alpha value is -1.62. The van der Waals surface area contributed by atoms with Crippen LogP contribution in [0.3, 0.4) is 0 Å². The number of nitrogens with one attached hydrogen (secondary N) is 1. The van der Waals surface area contributed by atoms with Gasteiger partial charge in [-0.3, -0.25) is 4.79 Å². The smallest absolute Gasteiger partial charge is 0.324 e. The fraction of sp³-hybridized carbons (Fsp3) is 0.385. The van der Waals surface area contributed by atoms with Crippen LogP contribution in [-0.4, -0.2) is 27.5 Å². The van der Waals surface area contributed by atoms with Crippen LogP contribution < -0.4 is 4.72 Å². The van der Waals surface area contributed by atoms with Crippen LogP contribution in [0.25, 0.3) is 0 Å². The number of sulfonamides is 1. The van der Waals surface area contributed by atoms with E-state index in [4.69, 9.17) is 16.9 Å². The van der Waals surface area contributed by atoms with Crippen LogP contribution in [0.15, 0.2) is 23.1 Å². The van der Waals surface area contributed by atoms with E-state index in [1.165, 1.54) is 19.2 Å². The zero-order chi connectivity index (χ0) is 16.2. The van der Waals surface area contributed by atoms with Gasteiger partial charge in [-0.15, -0.1) is 0 Å². The zero-order valence-corrected chi connectivity index (χ0v) is 13.3. The van der Waals surface area contributed by atoms with E-state index in [9.17, 15) is 13.2 Å². The molecule has 0 saturated heterocycles. The minimum atomic E-state index is -4.06. The molecular weight excluding hydrogens is 316 g/mol. The first-order chi connectivity index (χ1) is 9.72. The Kier molecular flexibility index (Phi) is 5.72. The maximum absolute atomic E-state index is 12.3. The number of benzene rings is 1. The first-order valence-corrected chi connectivity index (χ1v) is 7.89. The third-order valence-corrected chi connectivity index (χ3v) is 4.68. The summed E-state index contributed by atoms with van der Waals surface area (Å²) in [5.41, 5.74) is 0.152. The van der Waals surface area contributed by atoms with Crippen molar-refractivity contribution in [1.29, 1.82) is 5.26 Å². The molecule has 8 heteroatoms. The van der Waals surface area contributed by atoms with E-state index in [1.54, 1.807) is 13.8 Å². The predicted molar refractivity (Wildman–Crippen MR) is 77.1 cm³/mol. The first kappa shape index (κ1) is 17.4. The fourth-order valence-electron chi connectivity index (χ4n) is 1.59. The number of carbonyl (C=O) groups is 1. The summed E-state index contributed by atoms with van der Waals surface area (Å²) in [5, 5.41) is 8.80. The van der Waals surface area contributed by atoms with Gasteiger partial charge in [0.05, 0.1) is 23.8 Å². The van der Waals surface area contributed by atoms with Gasteiger partial charge in [-0.1, -0.05) is 25.4 Å². The minimum absolute atomic E-state index is 0.0335. The molecule has 1 rings (SSSR count). The Morgan fingerprint density at radius 2 is 2.05 bits per heavy atom. The first-order valence-electron chi connectivity index (χ1n) is 6.02. The standard InChI is InChI=1S/C13H15ClN2O4S/c1-8(2)12(13(17)20-3)16-21(18,19)11-6-9(7-15)4-5-10(11)14/h4-6,8,12,16H,1-3H3. The lowest BCUT2D eigenvalue weighted by Gasteiger charge is -2.20. The van der Waals surface area contributed by atoms with Gasteiger partial charge in [-0.05, 0) is 24.1 Å². The molecule has 0 spiro atoms. The van der Waals surface area contributed by atoms with Gasteiger partial charge in [-0.2, -0.15) is 9.98 Å². The van der Waals surface area contributed by atoms with Crippen LogP contribution in [0.4, 0.5) is 0 Å². The highest BCUT2D eigenvalue weighted by molar-refractivity contribution is 7.89. The second kappa shape index (κ2) is 6.89. The number of halogens is 1. The van der Waals surface area contributed by atoms with Crippen molar-refractivity contribution >= 4 is 27.6 Å². The summed E-state index contributed by atoms with van der Waals surface area (Å²) in [5.74, 6) is -1.01. The quantitative estimate of drug-likeness (QED) is 0.829. The largest absolute Gasteiger partial charge is 0.468 e.